The summed E-state index contributed by atoms with van der Waals surface area (Å²) >= 11 is 0. The molecule has 0 spiro atoms. The molecule has 0 atom stereocenters. The topological polar surface area (TPSA) is 84.7 Å². The van der Waals surface area contributed by atoms with E-state index < -0.39 is 9.84 Å². The van der Waals surface area contributed by atoms with E-state index in [4.69, 9.17) is 10.5 Å². The number of nitrogen functional groups attached to an aromatic ring is 1. The van der Waals surface area contributed by atoms with E-state index in [9.17, 15) is 8.42 Å². The van der Waals surface area contributed by atoms with Gasteiger partial charge in [0.15, 0.2) is 9.84 Å². The number of likely N-dealkylation sites (N-methyl/N-ethyl adjacent to an activating group) is 1. The molecule has 0 radical (unpaired) electrons. The number of hydrogen-bond donors (Lipinski definition) is 2. The third kappa shape index (κ3) is 4.99. The second-order valence-corrected chi connectivity index (χ2v) is 6.70. The predicted octanol–water partition coefficient (Wildman–Crippen LogP) is 0.662. The number of rotatable bonds is 8. The Kier molecular flexibility index (Phi) is 6.25. The minimum atomic E-state index is -3.30. The second-order valence-electron chi connectivity index (χ2n) is 4.71. The van der Waals surface area contributed by atoms with Gasteiger partial charge in [0, 0.05) is 33.0 Å². The summed E-state index contributed by atoms with van der Waals surface area (Å²) in [5, 5.41) is 3.16. The zero-order valence-electron chi connectivity index (χ0n) is 12.2. The lowest BCUT2D eigenvalue weighted by molar-refractivity contribution is 0.163. The first-order chi connectivity index (χ1) is 9.36. The third-order valence-corrected chi connectivity index (χ3v) is 4.11. The van der Waals surface area contributed by atoms with Gasteiger partial charge in [-0.15, -0.1) is 0 Å². The van der Waals surface area contributed by atoms with Gasteiger partial charge >= 0.3 is 0 Å². The number of ether oxygens (including phenoxy) is 1. The summed E-state index contributed by atoms with van der Waals surface area (Å²) in [6.45, 7) is 3.02. The molecule has 114 valence electrons. The van der Waals surface area contributed by atoms with Crippen LogP contribution in [-0.2, 0) is 14.6 Å². The molecule has 0 aliphatic heterocycles. The van der Waals surface area contributed by atoms with Crippen LogP contribution in [0.3, 0.4) is 0 Å². The molecule has 0 unspecified atom stereocenters. The normalized spacial score (nSPS) is 11.8. The smallest absolute Gasteiger partial charge is 0.177 e. The van der Waals surface area contributed by atoms with Gasteiger partial charge in [0.2, 0.25) is 0 Å². The van der Waals surface area contributed by atoms with Crippen molar-refractivity contribution >= 4 is 21.2 Å². The minimum Gasteiger partial charge on any atom is -0.396 e. The van der Waals surface area contributed by atoms with Crippen molar-refractivity contribution in [2.45, 2.75) is 4.90 Å². The highest BCUT2D eigenvalue weighted by Gasteiger charge is 2.13. The number of anilines is 2. The summed E-state index contributed by atoms with van der Waals surface area (Å²) in [5.74, 6) is 0. The predicted molar refractivity (Wildman–Crippen MR) is 81.8 cm³/mol. The van der Waals surface area contributed by atoms with Crippen molar-refractivity contribution in [3.63, 3.8) is 0 Å². The summed E-state index contributed by atoms with van der Waals surface area (Å²) in [6, 6.07) is 4.98. The molecular formula is C13H23N3O3S. The van der Waals surface area contributed by atoms with E-state index in [0.29, 0.717) is 18.8 Å². The van der Waals surface area contributed by atoms with Gasteiger partial charge in [-0.2, -0.15) is 0 Å². The number of para-hydroxylation sites is 1. The van der Waals surface area contributed by atoms with Crippen LogP contribution < -0.4 is 11.1 Å². The molecule has 0 amide bonds. The molecule has 0 aromatic heterocycles. The van der Waals surface area contributed by atoms with E-state index in [1.807, 2.05) is 7.05 Å². The zero-order valence-corrected chi connectivity index (χ0v) is 13.0. The lowest BCUT2D eigenvalue weighted by atomic mass is 10.2. The van der Waals surface area contributed by atoms with Crippen LogP contribution in [0, 0.1) is 0 Å². The van der Waals surface area contributed by atoms with Crippen molar-refractivity contribution in [3.05, 3.63) is 18.2 Å². The third-order valence-electron chi connectivity index (χ3n) is 2.95. The Balaban J connectivity index is 2.61. The van der Waals surface area contributed by atoms with Crippen molar-refractivity contribution < 1.29 is 13.2 Å². The van der Waals surface area contributed by atoms with Gasteiger partial charge in [-0.3, -0.25) is 0 Å². The van der Waals surface area contributed by atoms with Crippen LogP contribution in [0.1, 0.15) is 0 Å². The summed E-state index contributed by atoms with van der Waals surface area (Å²) < 4.78 is 28.2. The first-order valence-corrected chi connectivity index (χ1v) is 8.25. The number of sulfone groups is 1. The lowest BCUT2D eigenvalue weighted by Gasteiger charge is -2.17. The molecule has 0 saturated carbocycles. The summed E-state index contributed by atoms with van der Waals surface area (Å²) in [5.41, 5.74) is 6.81. The fourth-order valence-corrected chi connectivity index (χ4v) is 2.60. The van der Waals surface area contributed by atoms with Crippen molar-refractivity contribution in [2.75, 3.05) is 57.7 Å². The summed E-state index contributed by atoms with van der Waals surface area (Å²) in [4.78, 5) is 2.28. The van der Waals surface area contributed by atoms with E-state index >= 15 is 0 Å². The van der Waals surface area contributed by atoms with Gasteiger partial charge in [-0.05, 0) is 19.2 Å². The van der Waals surface area contributed by atoms with Crippen molar-refractivity contribution in [1.82, 2.24) is 4.90 Å². The minimum absolute atomic E-state index is 0.162. The standard InChI is InChI=1S/C13H23N3O3S/c1-16(9-10-19-2)8-7-15-11-5-4-6-12(13(11)14)20(3,17)18/h4-6,15H,7-10,14H2,1-3H3. The van der Waals surface area contributed by atoms with E-state index in [-0.39, 0.29) is 10.6 Å². The van der Waals surface area contributed by atoms with E-state index in [1.165, 1.54) is 6.07 Å². The lowest BCUT2D eigenvalue weighted by Crippen LogP contribution is -2.28. The SMILES string of the molecule is COCCN(C)CCNc1cccc(S(C)(=O)=O)c1N. The van der Waals surface area contributed by atoms with Crippen LogP contribution >= 0.6 is 0 Å². The van der Waals surface area contributed by atoms with Gasteiger partial charge in [0.05, 0.1) is 22.9 Å². The highest BCUT2D eigenvalue weighted by Crippen LogP contribution is 2.26. The molecule has 0 saturated heterocycles. The number of benzene rings is 1. The molecule has 20 heavy (non-hydrogen) atoms. The molecule has 1 aromatic carbocycles. The molecule has 0 aliphatic carbocycles. The van der Waals surface area contributed by atoms with Crippen molar-refractivity contribution in [3.8, 4) is 0 Å². The Morgan fingerprint density at radius 3 is 2.65 bits per heavy atom. The van der Waals surface area contributed by atoms with E-state index in [2.05, 4.69) is 10.2 Å². The first-order valence-electron chi connectivity index (χ1n) is 6.36. The molecule has 3 N–H and O–H groups in total. The quantitative estimate of drug-likeness (QED) is 0.686. The number of methoxy groups -OCH3 is 1. The van der Waals surface area contributed by atoms with Crippen LogP contribution in [0.5, 0.6) is 0 Å². The van der Waals surface area contributed by atoms with Crippen molar-refractivity contribution in [1.29, 1.82) is 0 Å². The molecule has 0 aliphatic rings. The molecule has 1 aromatic rings. The van der Waals surface area contributed by atoms with Gasteiger partial charge < -0.3 is 20.7 Å². The second kappa shape index (κ2) is 7.47. The zero-order chi connectivity index (χ0) is 15.2. The number of hydrogen-bond acceptors (Lipinski definition) is 6. The average molecular weight is 301 g/mol. The maximum Gasteiger partial charge on any atom is 0.177 e. The molecule has 6 nitrogen and oxygen atoms in total. The fraction of sp³-hybridized carbons (Fsp3) is 0.538. The summed E-state index contributed by atoms with van der Waals surface area (Å²) in [7, 11) is 0.366. The average Bonchev–Trinajstić information content (AvgIpc) is 2.37. The van der Waals surface area contributed by atoms with Crippen molar-refractivity contribution in [2.24, 2.45) is 0 Å². The van der Waals surface area contributed by atoms with Crippen LogP contribution in [0.15, 0.2) is 23.1 Å². The van der Waals surface area contributed by atoms with Crippen LogP contribution in [0.25, 0.3) is 0 Å². The molecule has 0 fully saturated rings. The van der Waals surface area contributed by atoms with Crippen LogP contribution in [0.2, 0.25) is 0 Å². The first kappa shape index (κ1) is 16.7. The van der Waals surface area contributed by atoms with Gasteiger partial charge in [0.25, 0.3) is 0 Å². The number of nitrogens with two attached hydrogens (primary N) is 1. The Bertz CT molecular complexity index is 532. The highest BCUT2D eigenvalue weighted by molar-refractivity contribution is 7.90. The maximum absolute atomic E-state index is 11.6. The van der Waals surface area contributed by atoms with Crippen LogP contribution in [0.4, 0.5) is 11.4 Å². The largest absolute Gasteiger partial charge is 0.396 e. The molecule has 0 bridgehead atoms. The Morgan fingerprint density at radius 2 is 2.05 bits per heavy atom. The number of nitrogens with one attached hydrogen (secondary N) is 1. The Morgan fingerprint density at radius 1 is 1.35 bits per heavy atom. The highest BCUT2D eigenvalue weighted by atomic mass is 32.2. The summed E-state index contributed by atoms with van der Waals surface area (Å²) in [6.07, 6.45) is 1.15. The molecule has 0 heterocycles. The Hall–Kier alpha value is -1.31. The van der Waals surface area contributed by atoms with Gasteiger partial charge in [0.1, 0.15) is 0 Å². The maximum atomic E-state index is 11.6. The van der Waals surface area contributed by atoms with Crippen LogP contribution in [-0.4, -0.2) is 60.0 Å². The van der Waals surface area contributed by atoms with E-state index in [1.54, 1.807) is 19.2 Å². The number of nitrogens with zero attached hydrogens (tertiary/aromatic N) is 1. The monoisotopic (exact) mass is 301 g/mol. The van der Waals surface area contributed by atoms with Gasteiger partial charge in [-0.25, -0.2) is 8.42 Å². The Labute approximate surface area is 120 Å². The molecule has 1 rings (SSSR count). The van der Waals surface area contributed by atoms with Gasteiger partial charge in [-0.1, -0.05) is 6.07 Å². The van der Waals surface area contributed by atoms with E-state index in [0.717, 1.165) is 19.3 Å². The fourth-order valence-electron chi connectivity index (χ4n) is 1.76. The molecular weight excluding hydrogens is 278 g/mol. The molecule has 7 heteroatoms.